The molecule has 4 heteroatoms. The molecule has 1 aromatic heterocycles. The molecule has 1 aliphatic rings. The molecule has 0 amide bonds. The van der Waals surface area contributed by atoms with E-state index in [1.54, 1.807) is 12.3 Å². The molecule has 0 radical (unpaired) electrons. The number of nitrogens with zero attached hydrogens (tertiary/aromatic N) is 2. The molecular weight excluding hydrogens is 204 g/mol. The van der Waals surface area contributed by atoms with Gasteiger partial charge in [-0.15, -0.1) is 0 Å². The largest absolute Gasteiger partial charge is 0.478 e. The summed E-state index contributed by atoms with van der Waals surface area (Å²) in [6.07, 6.45) is 5.55. The van der Waals surface area contributed by atoms with E-state index < -0.39 is 5.97 Å². The molecule has 86 valence electrons. The Morgan fingerprint density at radius 2 is 2.38 bits per heavy atom. The van der Waals surface area contributed by atoms with Crippen LogP contribution in [0.5, 0.6) is 0 Å². The van der Waals surface area contributed by atoms with Crippen LogP contribution in [0.25, 0.3) is 0 Å². The fraction of sp³-hybridized carbons (Fsp3) is 0.500. The highest BCUT2D eigenvalue weighted by molar-refractivity contribution is 5.88. The summed E-state index contributed by atoms with van der Waals surface area (Å²) in [4.78, 5) is 17.0. The summed E-state index contributed by atoms with van der Waals surface area (Å²) in [5.74, 6) is -0.248. The number of aromatic carboxylic acids is 1. The third kappa shape index (κ3) is 2.32. The second kappa shape index (κ2) is 4.51. The molecule has 0 aliphatic carbocycles. The average molecular weight is 220 g/mol. The van der Waals surface area contributed by atoms with Crippen LogP contribution in [0.4, 0.5) is 5.69 Å². The summed E-state index contributed by atoms with van der Waals surface area (Å²) in [5.41, 5.74) is 1.18. The molecule has 0 spiro atoms. The minimum atomic E-state index is -0.917. The third-order valence-electron chi connectivity index (χ3n) is 2.99. The second-order valence-corrected chi connectivity index (χ2v) is 4.43. The Kier molecular flexibility index (Phi) is 3.08. The molecule has 0 saturated carbocycles. The van der Waals surface area contributed by atoms with Crippen LogP contribution < -0.4 is 4.90 Å². The molecule has 0 aromatic carbocycles. The normalized spacial score (nSPS) is 20.8. The van der Waals surface area contributed by atoms with Crippen molar-refractivity contribution < 1.29 is 9.90 Å². The summed E-state index contributed by atoms with van der Waals surface area (Å²) in [7, 11) is 0. The Bertz CT molecular complexity index is 392. The number of hydrogen-bond acceptors (Lipinski definition) is 3. The van der Waals surface area contributed by atoms with E-state index in [4.69, 9.17) is 5.11 Å². The van der Waals surface area contributed by atoms with Crippen molar-refractivity contribution in [2.24, 2.45) is 5.92 Å². The lowest BCUT2D eigenvalue weighted by Gasteiger charge is -2.32. The molecule has 4 nitrogen and oxygen atoms in total. The van der Waals surface area contributed by atoms with Crippen LogP contribution in [0, 0.1) is 5.92 Å². The van der Waals surface area contributed by atoms with E-state index in [2.05, 4.69) is 16.8 Å². The van der Waals surface area contributed by atoms with Crippen molar-refractivity contribution in [1.29, 1.82) is 0 Å². The van der Waals surface area contributed by atoms with Crippen molar-refractivity contribution in [3.8, 4) is 0 Å². The van der Waals surface area contributed by atoms with E-state index in [0.29, 0.717) is 5.92 Å². The molecule has 1 N–H and O–H groups in total. The maximum atomic E-state index is 10.8. The van der Waals surface area contributed by atoms with E-state index in [1.165, 1.54) is 19.0 Å². The van der Waals surface area contributed by atoms with Gasteiger partial charge in [0.2, 0.25) is 0 Å². The van der Waals surface area contributed by atoms with Gasteiger partial charge in [-0.2, -0.15) is 0 Å². The quantitative estimate of drug-likeness (QED) is 0.828. The molecule has 1 aromatic rings. The van der Waals surface area contributed by atoms with Gasteiger partial charge >= 0.3 is 5.97 Å². The summed E-state index contributed by atoms with van der Waals surface area (Å²) in [6, 6.07) is 1.70. The van der Waals surface area contributed by atoms with Gasteiger partial charge in [0.15, 0.2) is 0 Å². The van der Waals surface area contributed by atoms with Gasteiger partial charge in [-0.05, 0) is 24.8 Å². The number of piperidine rings is 1. The minimum Gasteiger partial charge on any atom is -0.478 e. The summed E-state index contributed by atoms with van der Waals surface area (Å²) < 4.78 is 0. The molecule has 2 rings (SSSR count). The van der Waals surface area contributed by atoms with Gasteiger partial charge < -0.3 is 10.0 Å². The lowest BCUT2D eigenvalue weighted by Crippen LogP contribution is -2.34. The smallest absolute Gasteiger partial charge is 0.337 e. The van der Waals surface area contributed by atoms with Crippen LogP contribution in [0.15, 0.2) is 18.5 Å². The fourth-order valence-corrected chi connectivity index (χ4v) is 2.14. The number of carboxylic acid groups (broad SMARTS) is 1. The highest BCUT2D eigenvalue weighted by Gasteiger charge is 2.17. The molecule has 1 atom stereocenters. The zero-order valence-electron chi connectivity index (χ0n) is 9.39. The molecule has 16 heavy (non-hydrogen) atoms. The SMILES string of the molecule is C[C@@H]1CCCN(c2cncc(C(=O)O)c2)C1. The van der Waals surface area contributed by atoms with Crippen LogP contribution in [-0.2, 0) is 0 Å². The highest BCUT2D eigenvalue weighted by atomic mass is 16.4. The number of anilines is 1. The number of rotatable bonds is 2. The van der Waals surface area contributed by atoms with Crippen LogP contribution in [0.2, 0.25) is 0 Å². The Balaban J connectivity index is 2.19. The number of hydrogen-bond donors (Lipinski definition) is 1. The minimum absolute atomic E-state index is 0.260. The first-order valence-electron chi connectivity index (χ1n) is 5.60. The maximum Gasteiger partial charge on any atom is 0.337 e. The van der Waals surface area contributed by atoms with E-state index in [1.807, 2.05) is 0 Å². The first kappa shape index (κ1) is 10.9. The predicted octanol–water partition coefficient (Wildman–Crippen LogP) is 2.02. The fourth-order valence-electron chi connectivity index (χ4n) is 2.14. The van der Waals surface area contributed by atoms with Crippen molar-refractivity contribution in [2.75, 3.05) is 18.0 Å². The van der Waals surface area contributed by atoms with Gasteiger partial charge in [-0.25, -0.2) is 4.79 Å². The first-order valence-corrected chi connectivity index (χ1v) is 5.60. The summed E-state index contributed by atoms with van der Waals surface area (Å²) in [5, 5.41) is 8.90. The Labute approximate surface area is 94.9 Å². The summed E-state index contributed by atoms with van der Waals surface area (Å²) >= 11 is 0. The van der Waals surface area contributed by atoms with E-state index in [0.717, 1.165) is 18.8 Å². The molecule has 1 aliphatic heterocycles. The van der Waals surface area contributed by atoms with Crippen LogP contribution >= 0.6 is 0 Å². The van der Waals surface area contributed by atoms with Gasteiger partial charge in [0.1, 0.15) is 0 Å². The zero-order chi connectivity index (χ0) is 11.5. The second-order valence-electron chi connectivity index (χ2n) is 4.43. The lowest BCUT2D eigenvalue weighted by molar-refractivity contribution is 0.0696. The van der Waals surface area contributed by atoms with Gasteiger partial charge in [-0.1, -0.05) is 6.92 Å². The predicted molar refractivity (Wildman–Crippen MR) is 61.8 cm³/mol. The number of carbonyl (C=O) groups is 1. The highest BCUT2D eigenvalue weighted by Crippen LogP contribution is 2.22. The average Bonchev–Trinajstić information content (AvgIpc) is 2.29. The molecule has 0 unspecified atom stereocenters. The van der Waals surface area contributed by atoms with Crippen molar-refractivity contribution in [3.63, 3.8) is 0 Å². The molecule has 0 bridgehead atoms. The van der Waals surface area contributed by atoms with Crippen LogP contribution in [0.1, 0.15) is 30.1 Å². The molecule has 1 fully saturated rings. The number of pyridine rings is 1. The summed E-state index contributed by atoms with van der Waals surface area (Å²) in [6.45, 7) is 4.21. The van der Waals surface area contributed by atoms with E-state index in [9.17, 15) is 4.79 Å². The monoisotopic (exact) mass is 220 g/mol. The van der Waals surface area contributed by atoms with Gasteiger partial charge in [0.25, 0.3) is 0 Å². The number of carboxylic acids is 1. The maximum absolute atomic E-state index is 10.8. The lowest BCUT2D eigenvalue weighted by atomic mass is 10.00. The Hall–Kier alpha value is -1.58. The van der Waals surface area contributed by atoms with Crippen LogP contribution in [0.3, 0.4) is 0 Å². The first-order chi connectivity index (χ1) is 7.66. The van der Waals surface area contributed by atoms with Gasteiger partial charge in [0.05, 0.1) is 17.4 Å². The van der Waals surface area contributed by atoms with Crippen molar-refractivity contribution in [3.05, 3.63) is 24.0 Å². The Morgan fingerprint density at radius 1 is 1.56 bits per heavy atom. The van der Waals surface area contributed by atoms with Crippen molar-refractivity contribution >= 4 is 11.7 Å². The molecular formula is C12H16N2O2. The van der Waals surface area contributed by atoms with Crippen molar-refractivity contribution in [1.82, 2.24) is 4.98 Å². The third-order valence-corrected chi connectivity index (χ3v) is 2.99. The van der Waals surface area contributed by atoms with E-state index in [-0.39, 0.29) is 5.56 Å². The molecule has 1 saturated heterocycles. The topological polar surface area (TPSA) is 53.4 Å². The van der Waals surface area contributed by atoms with Crippen LogP contribution in [-0.4, -0.2) is 29.1 Å². The number of aromatic nitrogens is 1. The standard InChI is InChI=1S/C12H16N2O2/c1-9-3-2-4-14(8-9)11-5-10(12(15)16)6-13-7-11/h5-7,9H,2-4,8H2,1H3,(H,15,16)/t9-/m1/s1. The Morgan fingerprint density at radius 3 is 3.06 bits per heavy atom. The van der Waals surface area contributed by atoms with Gasteiger partial charge in [0, 0.05) is 19.3 Å². The molecule has 2 heterocycles. The van der Waals surface area contributed by atoms with E-state index >= 15 is 0 Å². The van der Waals surface area contributed by atoms with Crippen molar-refractivity contribution in [2.45, 2.75) is 19.8 Å². The van der Waals surface area contributed by atoms with Gasteiger partial charge in [-0.3, -0.25) is 4.98 Å². The zero-order valence-corrected chi connectivity index (χ0v) is 9.39.